The monoisotopic (exact) mass is 204 g/mol. The van der Waals surface area contributed by atoms with E-state index < -0.39 is 0 Å². The Labute approximate surface area is 92.1 Å². The summed E-state index contributed by atoms with van der Waals surface area (Å²) in [4.78, 5) is 2.37. The van der Waals surface area contributed by atoms with Gasteiger partial charge in [0.25, 0.3) is 0 Å². The topological polar surface area (TPSA) is 29.3 Å². The van der Waals surface area contributed by atoms with Crippen molar-refractivity contribution in [2.45, 2.75) is 32.2 Å². The molecule has 1 saturated carbocycles. The summed E-state index contributed by atoms with van der Waals surface area (Å²) in [7, 11) is 0. The molecule has 82 valence electrons. The number of hydrogen-bond donors (Lipinski definition) is 1. The van der Waals surface area contributed by atoms with Crippen LogP contribution in [0.25, 0.3) is 0 Å². The third-order valence-electron chi connectivity index (χ3n) is 3.18. The first kappa shape index (κ1) is 10.5. The van der Waals surface area contributed by atoms with Crippen LogP contribution in [0.2, 0.25) is 0 Å². The molecule has 1 aliphatic carbocycles. The molecule has 0 unspecified atom stereocenters. The van der Waals surface area contributed by atoms with Gasteiger partial charge in [-0.05, 0) is 38.8 Å². The molecule has 1 aromatic rings. The summed E-state index contributed by atoms with van der Waals surface area (Å²) >= 11 is 0. The van der Waals surface area contributed by atoms with Crippen molar-refractivity contribution < 1.29 is 0 Å². The van der Waals surface area contributed by atoms with E-state index in [9.17, 15) is 0 Å². The number of benzene rings is 1. The molecule has 2 N–H and O–H groups in total. The fraction of sp³-hybridized carbons (Fsp3) is 0.538. The van der Waals surface area contributed by atoms with E-state index in [0.29, 0.717) is 0 Å². The number of anilines is 1. The van der Waals surface area contributed by atoms with Crippen molar-refractivity contribution in [2.75, 3.05) is 18.0 Å². The number of rotatable bonds is 4. The number of nitrogens with zero attached hydrogens (tertiary/aromatic N) is 1. The SMILES string of the molecule is CCN(CC1(N)CC1)c1ccc(C)cc1. The van der Waals surface area contributed by atoms with Crippen LogP contribution < -0.4 is 10.6 Å². The van der Waals surface area contributed by atoms with Gasteiger partial charge in [0.1, 0.15) is 0 Å². The Balaban J connectivity index is 2.08. The first-order chi connectivity index (χ1) is 7.13. The summed E-state index contributed by atoms with van der Waals surface area (Å²) in [5.41, 5.74) is 8.85. The molecule has 0 atom stereocenters. The Hall–Kier alpha value is -1.02. The van der Waals surface area contributed by atoms with Gasteiger partial charge in [0.2, 0.25) is 0 Å². The molecule has 0 aromatic heterocycles. The van der Waals surface area contributed by atoms with Crippen LogP contribution in [-0.4, -0.2) is 18.6 Å². The second-order valence-electron chi connectivity index (χ2n) is 4.71. The lowest BCUT2D eigenvalue weighted by atomic mass is 10.2. The van der Waals surface area contributed by atoms with Crippen LogP contribution in [0, 0.1) is 6.92 Å². The molecule has 0 amide bonds. The molecule has 1 aromatic carbocycles. The lowest BCUT2D eigenvalue weighted by Crippen LogP contribution is -2.39. The lowest BCUT2D eigenvalue weighted by Gasteiger charge is -2.26. The van der Waals surface area contributed by atoms with Gasteiger partial charge in [0.15, 0.2) is 0 Å². The zero-order valence-electron chi connectivity index (χ0n) is 9.66. The van der Waals surface area contributed by atoms with Crippen molar-refractivity contribution >= 4 is 5.69 Å². The standard InChI is InChI=1S/C13H20N2/c1-3-15(10-13(14)8-9-13)12-6-4-11(2)5-7-12/h4-7H,3,8-10,14H2,1-2H3. The van der Waals surface area contributed by atoms with Crippen molar-refractivity contribution in [3.8, 4) is 0 Å². The molecule has 2 nitrogen and oxygen atoms in total. The first-order valence-electron chi connectivity index (χ1n) is 5.73. The van der Waals surface area contributed by atoms with Gasteiger partial charge in [0.05, 0.1) is 0 Å². The molecule has 2 heteroatoms. The Morgan fingerprint density at radius 2 is 1.87 bits per heavy atom. The molecule has 0 saturated heterocycles. The van der Waals surface area contributed by atoms with Crippen LogP contribution in [0.3, 0.4) is 0 Å². The molecule has 15 heavy (non-hydrogen) atoms. The maximum absolute atomic E-state index is 6.15. The van der Waals surface area contributed by atoms with Crippen LogP contribution >= 0.6 is 0 Å². The average molecular weight is 204 g/mol. The van der Waals surface area contributed by atoms with E-state index in [1.54, 1.807) is 0 Å². The zero-order chi connectivity index (χ0) is 10.9. The van der Waals surface area contributed by atoms with Crippen molar-refractivity contribution in [3.63, 3.8) is 0 Å². The molecule has 0 spiro atoms. The second-order valence-corrected chi connectivity index (χ2v) is 4.71. The molecule has 0 heterocycles. The van der Waals surface area contributed by atoms with Gasteiger partial charge < -0.3 is 10.6 Å². The van der Waals surface area contributed by atoms with E-state index in [0.717, 1.165) is 13.1 Å². The average Bonchev–Trinajstić information content (AvgIpc) is 2.95. The highest BCUT2D eigenvalue weighted by atomic mass is 15.2. The zero-order valence-corrected chi connectivity index (χ0v) is 9.66. The van der Waals surface area contributed by atoms with E-state index in [-0.39, 0.29) is 5.54 Å². The molecule has 1 fully saturated rings. The highest BCUT2D eigenvalue weighted by Crippen LogP contribution is 2.34. The molecule has 0 radical (unpaired) electrons. The van der Waals surface area contributed by atoms with Crippen LogP contribution in [0.4, 0.5) is 5.69 Å². The number of aryl methyl sites for hydroxylation is 1. The van der Waals surface area contributed by atoms with Crippen molar-refractivity contribution in [1.29, 1.82) is 0 Å². The Morgan fingerprint density at radius 3 is 2.33 bits per heavy atom. The fourth-order valence-electron chi connectivity index (χ4n) is 1.84. The maximum Gasteiger partial charge on any atom is 0.0366 e. The van der Waals surface area contributed by atoms with E-state index in [1.807, 2.05) is 0 Å². The van der Waals surface area contributed by atoms with Crippen LogP contribution in [-0.2, 0) is 0 Å². The van der Waals surface area contributed by atoms with Gasteiger partial charge in [-0.2, -0.15) is 0 Å². The van der Waals surface area contributed by atoms with Gasteiger partial charge in [-0.3, -0.25) is 0 Å². The molecular formula is C13H20N2. The molecule has 2 rings (SSSR count). The Bertz CT molecular complexity index is 325. The summed E-state index contributed by atoms with van der Waals surface area (Å²) in [6.45, 7) is 6.32. The van der Waals surface area contributed by atoms with Crippen LogP contribution in [0.1, 0.15) is 25.3 Å². The molecule has 0 bridgehead atoms. The third-order valence-corrected chi connectivity index (χ3v) is 3.18. The highest BCUT2D eigenvalue weighted by Gasteiger charge is 2.39. The van der Waals surface area contributed by atoms with E-state index in [1.165, 1.54) is 24.1 Å². The van der Waals surface area contributed by atoms with Crippen molar-refractivity contribution in [2.24, 2.45) is 5.73 Å². The van der Waals surface area contributed by atoms with Gasteiger partial charge in [-0.25, -0.2) is 0 Å². The van der Waals surface area contributed by atoms with E-state index >= 15 is 0 Å². The van der Waals surface area contributed by atoms with Gasteiger partial charge in [0, 0.05) is 24.3 Å². The lowest BCUT2D eigenvalue weighted by molar-refractivity contribution is 0.639. The summed E-state index contributed by atoms with van der Waals surface area (Å²) < 4.78 is 0. The van der Waals surface area contributed by atoms with Crippen LogP contribution in [0.15, 0.2) is 24.3 Å². The first-order valence-corrected chi connectivity index (χ1v) is 5.73. The Kier molecular flexibility index (Phi) is 2.70. The smallest absolute Gasteiger partial charge is 0.0366 e. The normalized spacial score (nSPS) is 17.5. The van der Waals surface area contributed by atoms with Crippen molar-refractivity contribution in [1.82, 2.24) is 0 Å². The number of nitrogens with two attached hydrogens (primary N) is 1. The highest BCUT2D eigenvalue weighted by molar-refractivity contribution is 5.48. The predicted molar refractivity (Wildman–Crippen MR) is 65.2 cm³/mol. The van der Waals surface area contributed by atoms with Gasteiger partial charge >= 0.3 is 0 Å². The minimum Gasteiger partial charge on any atom is -0.370 e. The number of hydrogen-bond acceptors (Lipinski definition) is 2. The maximum atomic E-state index is 6.15. The molecule has 1 aliphatic rings. The predicted octanol–water partition coefficient (Wildman–Crippen LogP) is 2.31. The minimum absolute atomic E-state index is 0.0981. The largest absolute Gasteiger partial charge is 0.370 e. The third kappa shape index (κ3) is 2.51. The summed E-state index contributed by atoms with van der Waals surface area (Å²) in [5.74, 6) is 0. The molecular weight excluding hydrogens is 184 g/mol. The second kappa shape index (κ2) is 3.86. The summed E-state index contributed by atoms with van der Waals surface area (Å²) in [6.07, 6.45) is 2.35. The summed E-state index contributed by atoms with van der Waals surface area (Å²) in [5, 5.41) is 0. The Morgan fingerprint density at radius 1 is 1.27 bits per heavy atom. The van der Waals surface area contributed by atoms with Gasteiger partial charge in [-0.1, -0.05) is 17.7 Å². The van der Waals surface area contributed by atoms with E-state index in [4.69, 9.17) is 5.73 Å². The molecule has 0 aliphatic heterocycles. The quantitative estimate of drug-likeness (QED) is 0.815. The van der Waals surface area contributed by atoms with E-state index in [2.05, 4.69) is 43.0 Å². The number of likely N-dealkylation sites (N-methyl/N-ethyl adjacent to an activating group) is 1. The summed E-state index contributed by atoms with van der Waals surface area (Å²) in [6, 6.07) is 8.69. The minimum atomic E-state index is 0.0981. The van der Waals surface area contributed by atoms with Crippen LogP contribution in [0.5, 0.6) is 0 Å². The fourth-order valence-corrected chi connectivity index (χ4v) is 1.84. The van der Waals surface area contributed by atoms with Gasteiger partial charge in [-0.15, -0.1) is 0 Å². The van der Waals surface area contributed by atoms with Crippen molar-refractivity contribution in [3.05, 3.63) is 29.8 Å².